The molecule has 0 aliphatic rings. The minimum Gasteiger partial charge on any atom is -0.389 e. The SMILES string of the molecule is CSCCCCCCNc1cccc(SC)c1C(N)=S. The van der Waals surface area contributed by atoms with Crippen LogP contribution in [0.3, 0.4) is 0 Å². The quantitative estimate of drug-likeness (QED) is 0.379. The molecule has 0 spiro atoms. The van der Waals surface area contributed by atoms with Gasteiger partial charge >= 0.3 is 0 Å². The molecular formula is C15H24N2S3. The van der Waals surface area contributed by atoms with E-state index in [1.54, 1.807) is 11.8 Å². The molecular weight excluding hydrogens is 304 g/mol. The summed E-state index contributed by atoms with van der Waals surface area (Å²) in [7, 11) is 0. The van der Waals surface area contributed by atoms with Crippen molar-refractivity contribution < 1.29 is 0 Å². The molecule has 20 heavy (non-hydrogen) atoms. The van der Waals surface area contributed by atoms with E-state index < -0.39 is 0 Å². The summed E-state index contributed by atoms with van der Waals surface area (Å²) in [6.45, 7) is 0.979. The molecule has 3 N–H and O–H groups in total. The first kappa shape index (κ1) is 17.7. The van der Waals surface area contributed by atoms with Gasteiger partial charge in [0.05, 0.1) is 0 Å². The lowest BCUT2D eigenvalue weighted by atomic mass is 10.1. The average molecular weight is 329 g/mol. The summed E-state index contributed by atoms with van der Waals surface area (Å²) in [4.78, 5) is 1.61. The molecule has 0 aliphatic carbocycles. The van der Waals surface area contributed by atoms with Crippen molar-refractivity contribution in [2.24, 2.45) is 5.73 Å². The number of anilines is 1. The normalized spacial score (nSPS) is 10.5. The van der Waals surface area contributed by atoms with E-state index in [2.05, 4.69) is 29.8 Å². The van der Waals surface area contributed by atoms with Gasteiger partial charge < -0.3 is 11.1 Å². The molecule has 1 aromatic carbocycles. The third-order valence-corrected chi connectivity index (χ3v) is 4.76. The van der Waals surface area contributed by atoms with E-state index in [1.807, 2.05) is 18.0 Å². The number of rotatable bonds is 10. The highest BCUT2D eigenvalue weighted by Gasteiger charge is 2.09. The Morgan fingerprint density at radius 3 is 2.60 bits per heavy atom. The van der Waals surface area contributed by atoms with Crippen LogP contribution in [-0.4, -0.2) is 29.8 Å². The first-order valence-corrected chi connectivity index (χ1v) is 9.93. The zero-order valence-electron chi connectivity index (χ0n) is 12.3. The molecule has 1 rings (SSSR count). The minimum atomic E-state index is 0.470. The Balaban J connectivity index is 2.45. The van der Waals surface area contributed by atoms with Crippen LogP contribution in [0, 0.1) is 0 Å². The maximum absolute atomic E-state index is 5.85. The van der Waals surface area contributed by atoms with Gasteiger partial charge in [-0.1, -0.05) is 31.1 Å². The molecule has 5 heteroatoms. The molecule has 1 aromatic rings. The number of unbranched alkanes of at least 4 members (excludes halogenated alkanes) is 3. The second kappa shape index (κ2) is 10.4. The highest BCUT2D eigenvalue weighted by atomic mass is 32.2. The number of nitrogens with one attached hydrogen (secondary N) is 1. The molecule has 0 bridgehead atoms. The Labute approximate surface area is 136 Å². The molecule has 112 valence electrons. The highest BCUT2D eigenvalue weighted by Crippen LogP contribution is 2.27. The van der Waals surface area contributed by atoms with Crippen molar-refractivity contribution in [3.63, 3.8) is 0 Å². The van der Waals surface area contributed by atoms with Gasteiger partial charge in [0.25, 0.3) is 0 Å². The van der Waals surface area contributed by atoms with E-state index in [-0.39, 0.29) is 0 Å². The topological polar surface area (TPSA) is 38.0 Å². The summed E-state index contributed by atoms with van der Waals surface area (Å²) in [5.41, 5.74) is 7.90. The van der Waals surface area contributed by atoms with Crippen LogP contribution in [0.4, 0.5) is 5.69 Å². The Kier molecular flexibility index (Phi) is 9.14. The van der Waals surface area contributed by atoms with Gasteiger partial charge in [0.2, 0.25) is 0 Å². The number of benzene rings is 1. The molecule has 0 unspecified atom stereocenters. The number of nitrogens with two attached hydrogens (primary N) is 1. The van der Waals surface area contributed by atoms with Crippen LogP contribution >= 0.6 is 35.7 Å². The lowest BCUT2D eigenvalue weighted by Gasteiger charge is -2.14. The van der Waals surface area contributed by atoms with E-state index >= 15 is 0 Å². The van der Waals surface area contributed by atoms with Crippen molar-refractivity contribution in [3.8, 4) is 0 Å². The summed E-state index contributed by atoms with van der Waals surface area (Å²) >= 11 is 8.78. The van der Waals surface area contributed by atoms with E-state index in [1.165, 1.54) is 31.4 Å². The monoisotopic (exact) mass is 328 g/mol. The fraction of sp³-hybridized carbons (Fsp3) is 0.533. The number of hydrogen-bond donors (Lipinski definition) is 2. The third kappa shape index (κ3) is 5.94. The van der Waals surface area contributed by atoms with Crippen LogP contribution in [0.2, 0.25) is 0 Å². The predicted octanol–water partition coefficient (Wildman–Crippen LogP) is 4.38. The van der Waals surface area contributed by atoms with Crippen molar-refractivity contribution in [2.45, 2.75) is 30.6 Å². The van der Waals surface area contributed by atoms with Crippen LogP contribution < -0.4 is 11.1 Å². The van der Waals surface area contributed by atoms with Crippen LogP contribution in [0.25, 0.3) is 0 Å². The zero-order valence-corrected chi connectivity index (χ0v) is 14.7. The highest BCUT2D eigenvalue weighted by molar-refractivity contribution is 7.98. The maximum Gasteiger partial charge on any atom is 0.107 e. The molecule has 0 atom stereocenters. The molecule has 0 saturated heterocycles. The smallest absolute Gasteiger partial charge is 0.107 e. The van der Waals surface area contributed by atoms with E-state index in [0.717, 1.165) is 22.7 Å². The molecule has 0 saturated carbocycles. The number of thioether (sulfide) groups is 2. The Hall–Kier alpha value is -0.390. The molecule has 2 nitrogen and oxygen atoms in total. The maximum atomic E-state index is 5.85. The van der Waals surface area contributed by atoms with Crippen LogP contribution in [0.5, 0.6) is 0 Å². The van der Waals surface area contributed by atoms with Crippen molar-refractivity contribution in [3.05, 3.63) is 23.8 Å². The predicted molar refractivity (Wildman–Crippen MR) is 99.5 cm³/mol. The standard InChI is InChI=1S/C15H24N2S3/c1-19-11-6-4-3-5-10-17-12-8-7-9-13(20-2)14(12)15(16)18/h7-9,17H,3-6,10-11H2,1-2H3,(H2,16,18). The van der Waals surface area contributed by atoms with Gasteiger partial charge in [-0.3, -0.25) is 0 Å². The molecule has 0 amide bonds. The van der Waals surface area contributed by atoms with Crippen LogP contribution in [0.15, 0.2) is 23.1 Å². The van der Waals surface area contributed by atoms with E-state index in [4.69, 9.17) is 18.0 Å². The molecule has 0 aliphatic heterocycles. The van der Waals surface area contributed by atoms with Gasteiger partial charge in [-0.2, -0.15) is 11.8 Å². The second-order valence-corrected chi connectivity index (χ2v) is 6.85. The van der Waals surface area contributed by atoms with Crippen LogP contribution in [0.1, 0.15) is 31.2 Å². The van der Waals surface area contributed by atoms with Gasteiger partial charge in [-0.15, -0.1) is 11.8 Å². The molecule has 0 heterocycles. The van der Waals surface area contributed by atoms with Gasteiger partial charge in [0, 0.05) is 22.7 Å². The van der Waals surface area contributed by atoms with Gasteiger partial charge in [0.1, 0.15) is 4.99 Å². The molecule has 0 fully saturated rings. The van der Waals surface area contributed by atoms with E-state index in [0.29, 0.717) is 4.99 Å². The Morgan fingerprint density at radius 2 is 1.95 bits per heavy atom. The van der Waals surface area contributed by atoms with Gasteiger partial charge in [-0.05, 0) is 43.2 Å². The number of thiocarbonyl (C=S) groups is 1. The largest absolute Gasteiger partial charge is 0.389 e. The summed E-state index contributed by atoms with van der Waals surface area (Å²) < 4.78 is 0. The Morgan fingerprint density at radius 1 is 1.20 bits per heavy atom. The van der Waals surface area contributed by atoms with Gasteiger partial charge in [0.15, 0.2) is 0 Å². The summed E-state index contributed by atoms with van der Waals surface area (Å²) in [6, 6.07) is 6.17. The first-order chi connectivity index (χ1) is 9.70. The lowest BCUT2D eigenvalue weighted by Crippen LogP contribution is -2.15. The van der Waals surface area contributed by atoms with E-state index in [9.17, 15) is 0 Å². The number of hydrogen-bond acceptors (Lipinski definition) is 4. The summed E-state index contributed by atoms with van der Waals surface area (Å²) in [5.74, 6) is 1.27. The van der Waals surface area contributed by atoms with Crippen molar-refractivity contribution in [1.82, 2.24) is 0 Å². The summed E-state index contributed by atoms with van der Waals surface area (Å²) in [5, 5.41) is 3.47. The zero-order chi connectivity index (χ0) is 14.8. The fourth-order valence-electron chi connectivity index (χ4n) is 2.05. The minimum absolute atomic E-state index is 0.470. The molecule has 0 aromatic heterocycles. The fourth-order valence-corrected chi connectivity index (χ4v) is 3.47. The Bertz CT molecular complexity index is 422. The molecule has 0 radical (unpaired) electrons. The first-order valence-electron chi connectivity index (χ1n) is 6.90. The summed E-state index contributed by atoms with van der Waals surface area (Å²) in [6.07, 6.45) is 9.31. The van der Waals surface area contributed by atoms with Crippen LogP contribution in [-0.2, 0) is 0 Å². The lowest BCUT2D eigenvalue weighted by molar-refractivity contribution is 0.689. The van der Waals surface area contributed by atoms with Crippen molar-refractivity contribution >= 4 is 46.4 Å². The average Bonchev–Trinajstić information content (AvgIpc) is 2.45. The second-order valence-electron chi connectivity index (χ2n) is 4.58. The van der Waals surface area contributed by atoms with Crippen molar-refractivity contribution in [2.75, 3.05) is 30.1 Å². The van der Waals surface area contributed by atoms with Crippen molar-refractivity contribution in [1.29, 1.82) is 0 Å². The van der Waals surface area contributed by atoms with Gasteiger partial charge in [-0.25, -0.2) is 0 Å². The third-order valence-electron chi connectivity index (χ3n) is 3.08.